The Kier molecular flexibility index (Phi) is 6.32. The molecule has 2 nitrogen and oxygen atoms in total. The molecule has 0 aromatic rings. The van der Waals surface area contributed by atoms with E-state index in [0.29, 0.717) is 12.0 Å². The lowest BCUT2D eigenvalue weighted by molar-refractivity contribution is -0.0719. The molecule has 2 aliphatic rings. The van der Waals surface area contributed by atoms with Gasteiger partial charge >= 0.3 is 0 Å². The van der Waals surface area contributed by atoms with E-state index < -0.39 is 0 Å². The van der Waals surface area contributed by atoms with Crippen molar-refractivity contribution in [2.75, 3.05) is 26.3 Å². The molecular formula is C15H25NO. The summed E-state index contributed by atoms with van der Waals surface area (Å²) in [4.78, 5) is 2.54. The Morgan fingerprint density at radius 3 is 2.24 bits per heavy atom. The quantitative estimate of drug-likeness (QED) is 0.648. The molecule has 0 atom stereocenters. The van der Waals surface area contributed by atoms with Gasteiger partial charge in [-0.15, -0.1) is 0 Å². The lowest BCUT2D eigenvalue weighted by atomic mass is 9.95. The number of allylic oxidation sites excluding steroid dienone is 1. The number of hydrogen-bond donors (Lipinski definition) is 0. The first-order valence-electron chi connectivity index (χ1n) is 6.74. The minimum atomic E-state index is 0.582. The minimum absolute atomic E-state index is 0.582. The molecule has 2 aliphatic heterocycles. The van der Waals surface area contributed by atoms with Gasteiger partial charge in [-0.2, -0.15) is 0 Å². The molecule has 2 rings (SSSR count). The van der Waals surface area contributed by atoms with Crippen LogP contribution >= 0.6 is 0 Å². The van der Waals surface area contributed by atoms with Crippen LogP contribution in [0.4, 0.5) is 0 Å². The van der Waals surface area contributed by atoms with Crippen molar-refractivity contribution in [3.8, 4) is 11.8 Å². The summed E-state index contributed by atoms with van der Waals surface area (Å²) in [6.07, 6.45) is 2.41. The fraction of sp³-hybridized carbons (Fsp3) is 0.733. The molecule has 2 fully saturated rings. The fourth-order valence-electron chi connectivity index (χ4n) is 2.07. The molecule has 0 aromatic carbocycles. The second kappa shape index (κ2) is 7.53. The Hall–Kier alpha value is -0.780. The molecule has 2 heteroatoms. The molecule has 0 bridgehead atoms. The SMILES string of the molecule is C=C(C)C#CC1CCN(C2COC2)CC1.CC. The third kappa shape index (κ3) is 4.53. The van der Waals surface area contributed by atoms with Gasteiger partial charge in [0.25, 0.3) is 0 Å². The van der Waals surface area contributed by atoms with E-state index in [-0.39, 0.29) is 0 Å². The van der Waals surface area contributed by atoms with Crippen LogP contribution in [0.25, 0.3) is 0 Å². The van der Waals surface area contributed by atoms with Crippen LogP contribution in [0.3, 0.4) is 0 Å². The van der Waals surface area contributed by atoms with E-state index in [1.165, 1.54) is 25.9 Å². The highest BCUT2D eigenvalue weighted by atomic mass is 16.5. The molecule has 0 spiro atoms. The lowest BCUT2D eigenvalue weighted by Crippen LogP contribution is -2.51. The van der Waals surface area contributed by atoms with Crippen molar-refractivity contribution in [2.24, 2.45) is 5.92 Å². The second-order valence-electron chi connectivity index (χ2n) is 4.55. The Morgan fingerprint density at radius 1 is 1.24 bits per heavy atom. The zero-order valence-electron chi connectivity index (χ0n) is 11.5. The van der Waals surface area contributed by atoms with Gasteiger partial charge < -0.3 is 4.74 Å². The van der Waals surface area contributed by atoms with Crippen LogP contribution in [0.2, 0.25) is 0 Å². The molecule has 0 amide bonds. The Labute approximate surface area is 106 Å². The summed E-state index contributed by atoms with van der Waals surface area (Å²) in [5, 5.41) is 0. The summed E-state index contributed by atoms with van der Waals surface area (Å²) in [6.45, 7) is 14.0. The van der Waals surface area contributed by atoms with Gasteiger partial charge in [0.15, 0.2) is 0 Å². The minimum Gasteiger partial charge on any atom is -0.378 e. The van der Waals surface area contributed by atoms with Crippen LogP contribution in [-0.2, 0) is 4.74 Å². The van der Waals surface area contributed by atoms with Crippen molar-refractivity contribution in [1.29, 1.82) is 0 Å². The van der Waals surface area contributed by atoms with Crippen LogP contribution in [0.1, 0.15) is 33.6 Å². The van der Waals surface area contributed by atoms with Crippen molar-refractivity contribution >= 4 is 0 Å². The summed E-state index contributed by atoms with van der Waals surface area (Å²) in [7, 11) is 0. The molecule has 0 aromatic heterocycles. The first kappa shape index (κ1) is 14.3. The number of hydrogen-bond acceptors (Lipinski definition) is 2. The maximum absolute atomic E-state index is 5.21. The van der Waals surface area contributed by atoms with Crippen molar-refractivity contribution in [1.82, 2.24) is 4.90 Å². The van der Waals surface area contributed by atoms with Gasteiger partial charge in [-0.05, 0) is 38.4 Å². The highest BCUT2D eigenvalue weighted by Crippen LogP contribution is 2.21. The third-order valence-corrected chi connectivity index (χ3v) is 3.16. The maximum atomic E-state index is 5.21. The van der Waals surface area contributed by atoms with Crippen LogP contribution in [0.15, 0.2) is 12.2 Å². The number of rotatable bonds is 1. The average Bonchev–Trinajstić information content (AvgIpc) is 2.28. The summed E-state index contributed by atoms with van der Waals surface area (Å²) in [6, 6.07) is 0.694. The summed E-state index contributed by atoms with van der Waals surface area (Å²) >= 11 is 0. The fourth-order valence-corrected chi connectivity index (χ4v) is 2.07. The van der Waals surface area contributed by atoms with E-state index in [1.54, 1.807) is 0 Å². The summed E-state index contributed by atoms with van der Waals surface area (Å²) in [5.74, 6) is 6.99. The van der Waals surface area contributed by atoms with Gasteiger partial charge in [0.05, 0.1) is 19.3 Å². The van der Waals surface area contributed by atoms with Crippen LogP contribution in [0.5, 0.6) is 0 Å². The van der Waals surface area contributed by atoms with Crippen LogP contribution < -0.4 is 0 Å². The first-order chi connectivity index (χ1) is 8.25. The molecule has 96 valence electrons. The van der Waals surface area contributed by atoms with E-state index in [2.05, 4.69) is 23.3 Å². The van der Waals surface area contributed by atoms with E-state index in [0.717, 1.165) is 18.8 Å². The lowest BCUT2D eigenvalue weighted by Gasteiger charge is -2.40. The first-order valence-corrected chi connectivity index (χ1v) is 6.74. The Morgan fingerprint density at radius 2 is 1.82 bits per heavy atom. The van der Waals surface area contributed by atoms with Crippen molar-refractivity contribution in [3.05, 3.63) is 12.2 Å². The van der Waals surface area contributed by atoms with Crippen molar-refractivity contribution < 1.29 is 4.74 Å². The van der Waals surface area contributed by atoms with Gasteiger partial charge in [0, 0.05) is 5.92 Å². The van der Waals surface area contributed by atoms with Crippen molar-refractivity contribution in [2.45, 2.75) is 39.7 Å². The van der Waals surface area contributed by atoms with E-state index in [9.17, 15) is 0 Å². The molecule has 0 unspecified atom stereocenters. The van der Waals surface area contributed by atoms with Gasteiger partial charge in [-0.25, -0.2) is 0 Å². The Bertz CT molecular complexity index is 288. The largest absolute Gasteiger partial charge is 0.378 e. The molecule has 0 radical (unpaired) electrons. The third-order valence-electron chi connectivity index (χ3n) is 3.16. The normalized spacial score (nSPS) is 21.6. The molecule has 0 N–H and O–H groups in total. The molecular weight excluding hydrogens is 210 g/mol. The zero-order chi connectivity index (χ0) is 12.7. The highest BCUT2D eigenvalue weighted by Gasteiger charge is 2.28. The number of piperidine rings is 1. The molecule has 0 saturated carbocycles. The van der Waals surface area contributed by atoms with Crippen LogP contribution in [-0.4, -0.2) is 37.2 Å². The molecule has 0 aliphatic carbocycles. The second-order valence-corrected chi connectivity index (χ2v) is 4.55. The summed E-state index contributed by atoms with van der Waals surface area (Å²) in [5.41, 5.74) is 0.977. The molecule has 17 heavy (non-hydrogen) atoms. The smallest absolute Gasteiger partial charge is 0.0645 e. The number of nitrogens with zero attached hydrogens (tertiary/aromatic N) is 1. The van der Waals surface area contributed by atoms with Crippen molar-refractivity contribution in [3.63, 3.8) is 0 Å². The zero-order valence-corrected chi connectivity index (χ0v) is 11.5. The standard InChI is InChI=1S/C13H19NO.C2H6/c1-11(2)3-4-12-5-7-14(8-6-12)13-9-15-10-13;1-2/h12-13H,1,5-10H2,2H3;1-2H3. The topological polar surface area (TPSA) is 12.5 Å². The average molecular weight is 235 g/mol. The monoisotopic (exact) mass is 235 g/mol. The van der Waals surface area contributed by atoms with Gasteiger partial charge in [0.1, 0.15) is 0 Å². The van der Waals surface area contributed by atoms with Gasteiger partial charge in [-0.1, -0.05) is 32.3 Å². The van der Waals surface area contributed by atoms with E-state index >= 15 is 0 Å². The molecule has 2 saturated heterocycles. The number of likely N-dealkylation sites (tertiary alicyclic amines) is 1. The maximum Gasteiger partial charge on any atom is 0.0645 e. The Balaban J connectivity index is 0.000000686. The highest BCUT2D eigenvalue weighted by molar-refractivity contribution is 5.24. The predicted octanol–water partition coefficient (Wildman–Crippen LogP) is 2.70. The van der Waals surface area contributed by atoms with Crippen LogP contribution in [0, 0.1) is 17.8 Å². The molecule has 2 heterocycles. The number of ether oxygens (including phenoxy) is 1. The van der Waals surface area contributed by atoms with E-state index in [1.807, 2.05) is 20.8 Å². The van der Waals surface area contributed by atoms with E-state index in [4.69, 9.17) is 4.74 Å². The van der Waals surface area contributed by atoms with Gasteiger partial charge in [0.2, 0.25) is 0 Å². The predicted molar refractivity (Wildman–Crippen MR) is 72.8 cm³/mol. The summed E-state index contributed by atoms with van der Waals surface area (Å²) < 4.78 is 5.21. The van der Waals surface area contributed by atoms with Gasteiger partial charge in [-0.3, -0.25) is 4.90 Å².